The summed E-state index contributed by atoms with van der Waals surface area (Å²) in [7, 11) is 0. The zero-order valence-electron chi connectivity index (χ0n) is 13.8. The van der Waals surface area contributed by atoms with Crippen LogP contribution in [0.3, 0.4) is 0 Å². The van der Waals surface area contributed by atoms with Crippen LogP contribution in [0, 0.1) is 5.92 Å². The van der Waals surface area contributed by atoms with Gasteiger partial charge in [-0.3, -0.25) is 0 Å². The molecule has 5 nitrogen and oxygen atoms in total. The molecule has 24 heavy (non-hydrogen) atoms. The van der Waals surface area contributed by atoms with E-state index < -0.39 is 0 Å². The largest absolute Gasteiger partial charge is 0.381 e. The van der Waals surface area contributed by atoms with E-state index in [0.717, 1.165) is 55.4 Å². The Morgan fingerprint density at radius 3 is 3.04 bits per heavy atom. The van der Waals surface area contributed by atoms with E-state index in [2.05, 4.69) is 26.8 Å². The Bertz CT molecular complexity index is 842. The zero-order valence-corrected chi connectivity index (χ0v) is 13.8. The lowest BCUT2D eigenvalue weighted by atomic mass is 10.1. The molecule has 124 valence electrons. The summed E-state index contributed by atoms with van der Waals surface area (Å²) in [6.45, 7) is 7.34. The number of imidazole rings is 2. The molecule has 1 aromatic carbocycles. The van der Waals surface area contributed by atoms with Gasteiger partial charge in [-0.25, -0.2) is 9.97 Å². The van der Waals surface area contributed by atoms with Crippen molar-refractivity contribution in [2.24, 2.45) is 5.92 Å². The fraction of sp³-hybridized carbons (Fsp3) is 0.368. The van der Waals surface area contributed by atoms with Gasteiger partial charge in [0, 0.05) is 38.7 Å². The number of aromatic nitrogens is 4. The van der Waals surface area contributed by atoms with Crippen LogP contribution in [0.15, 0.2) is 49.3 Å². The van der Waals surface area contributed by atoms with Crippen molar-refractivity contribution < 1.29 is 4.74 Å². The minimum Gasteiger partial charge on any atom is -0.381 e. The number of fused-ring (bicyclic) bond motifs is 1. The summed E-state index contributed by atoms with van der Waals surface area (Å²) in [6, 6.07) is 8.20. The molecule has 3 aromatic rings. The molecule has 3 heterocycles. The van der Waals surface area contributed by atoms with E-state index in [1.54, 1.807) is 0 Å². The number of nitrogens with zero attached hydrogens (tertiary/aromatic N) is 4. The predicted octanol–water partition coefficient (Wildman–Crippen LogP) is 3.51. The van der Waals surface area contributed by atoms with Gasteiger partial charge in [-0.2, -0.15) is 0 Å². The van der Waals surface area contributed by atoms with Crippen LogP contribution >= 0.6 is 0 Å². The highest BCUT2D eigenvalue weighted by atomic mass is 16.5. The van der Waals surface area contributed by atoms with Gasteiger partial charge in [0.2, 0.25) is 0 Å². The molecule has 1 aliphatic rings. The molecule has 1 atom stereocenters. The molecule has 1 aliphatic heterocycles. The SMILES string of the molecule is C=CCn1c(-c2nccn2CC[C@H]2CCOC2)nc2ccccc21. The third kappa shape index (κ3) is 2.76. The van der Waals surface area contributed by atoms with Gasteiger partial charge in [-0.15, -0.1) is 6.58 Å². The van der Waals surface area contributed by atoms with E-state index in [4.69, 9.17) is 9.72 Å². The number of hydrogen-bond acceptors (Lipinski definition) is 3. The monoisotopic (exact) mass is 322 g/mol. The van der Waals surface area contributed by atoms with Crippen molar-refractivity contribution in [2.75, 3.05) is 13.2 Å². The Labute approximate surface area is 141 Å². The zero-order chi connectivity index (χ0) is 16.4. The van der Waals surface area contributed by atoms with Crippen molar-refractivity contribution in [3.8, 4) is 11.6 Å². The van der Waals surface area contributed by atoms with Gasteiger partial charge in [0.05, 0.1) is 11.0 Å². The number of aryl methyl sites for hydroxylation is 1. The van der Waals surface area contributed by atoms with Crippen LogP contribution in [0.4, 0.5) is 0 Å². The topological polar surface area (TPSA) is 44.9 Å². The molecule has 0 aliphatic carbocycles. The third-order valence-electron chi connectivity index (χ3n) is 4.68. The molecule has 0 bridgehead atoms. The molecule has 1 saturated heterocycles. The maximum atomic E-state index is 5.48. The van der Waals surface area contributed by atoms with Crippen molar-refractivity contribution in [1.29, 1.82) is 0 Å². The van der Waals surface area contributed by atoms with Gasteiger partial charge in [-0.1, -0.05) is 18.2 Å². The van der Waals surface area contributed by atoms with E-state index in [9.17, 15) is 0 Å². The standard InChI is InChI=1S/C19H22N4O/c1-2-10-23-17-6-4-3-5-16(17)21-19(23)18-20-9-12-22(18)11-7-15-8-13-24-14-15/h2-6,9,12,15H,1,7-8,10-11,13-14H2/t15-/m0/s1. The van der Waals surface area contributed by atoms with Gasteiger partial charge in [-0.05, 0) is 30.9 Å². The average molecular weight is 322 g/mol. The van der Waals surface area contributed by atoms with Crippen LogP contribution < -0.4 is 0 Å². The quantitative estimate of drug-likeness (QED) is 0.652. The summed E-state index contributed by atoms with van der Waals surface area (Å²) in [5.74, 6) is 2.49. The molecular weight excluding hydrogens is 300 g/mol. The first kappa shape index (κ1) is 15.1. The van der Waals surface area contributed by atoms with Crippen molar-refractivity contribution in [1.82, 2.24) is 19.1 Å². The molecule has 0 radical (unpaired) electrons. The normalized spacial score (nSPS) is 17.6. The van der Waals surface area contributed by atoms with E-state index in [1.807, 2.05) is 36.7 Å². The maximum absolute atomic E-state index is 5.48. The van der Waals surface area contributed by atoms with E-state index in [-0.39, 0.29) is 0 Å². The first-order chi connectivity index (χ1) is 11.9. The lowest BCUT2D eigenvalue weighted by Crippen LogP contribution is -2.09. The van der Waals surface area contributed by atoms with Crippen LogP contribution in [0.1, 0.15) is 12.8 Å². The Hall–Kier alpha value is -2.40. The second kappa shape index (κ2) is 6.61. The predicted molar refractivity (Wildman–Crippen MR) is 94.7 cm³/mol. The van der Waals surface area contributed by atoms with Crippen molar-refractivity contribution >= 4 is 11.0 Å². The van der Waals surface area contributed by atoms with Crippen molar-refractivity contribution in [2.45, 2.75) is 25.9 Å². The summed E-state index contributed by atoms with van der Waals surface area (Å²) in [5.41, 5.74) is 2.11. The van der Waals surface area contributed by atoms with E-state index in [0.29, 0.717) is 5.92 Å². The molecular formula is C19H22N4O. The molecule has 5 heteroatoms. The highest BCUT2D eigenvalue weighted by molar-refractivity contribution is 5.79. The van der Waals surface area contributed by atoms with E-state index in [1.165, 1.54) is 6.42 Å². The minimum absolute atomic E-state index is 0.659. The van der Waals surface area contributed by atoms with Crippen molar-refractivity contribution in [3.63, 3.8) is 0 Å². The molecule has 4 rings (SSSR count). The highest BCUT2D eigenvalue weighted by Crippen LogP contribution is 2.25. The maximum Gasteiger partial charge on any atom is 0.177 e. The molecule has 0 saturated carbocycles. The third-order valence-corrected chi connectivity index (χ3v) is 4.68. The van der Waals surface area contributed by atoms with E-state index >= 15 is 0 Å². The number of allylic oxidation sites excluding steroid dienone is 1. The summed E-state index contributed by atoms with van der Waals surface area (Å²) in [5, 5.41) is 0. The molecule has 0 amide bonds. The second-order valence-electron chi connectivity index (χ2n) is 6.29. The first-order valence-corrected chi connectivity index (χ1v) is 8.52. The van der Waals surface area contributed by atoms with Gasteiger partial charge in [0.25, 0.3) is 0 Å². The highest BCUT2D eigenvalue weighted by Gasteiger charge is 2.19. The Balaban J connectivity index is 1.68. The number of benzene rings is 1. The second-order valence-corrected chi connectivity index (χ2v) is 6.29. The lowest BCUT2D eigenvalue weighted by molar-refractivity contribution is 0.183. The average Bonchev–Trinajstić information content (AvgIpc) is 3.33. The van der Waals surface area contributed by atoms with Crippen molar-refractivity contribution in [3.05, 3.63) is 49.3 Å². The summed E-state index contributed by atoms with van der Waals surface area (Å²) in [6.07, 6.45) is 8.09. The molecule has 0 unspecified atom stereocenters. The fourth-order valence-electron chi connectivity index (χ4n) is 3.39. The van der Waals surface area contributed by atoms with Gasteiger partial charge in [0.15, 0.2) is 11.6 Å². The lowest BCUT2D eigenvalue weighted by Gasteiger charge is -2.12. The summed E-state index contributed by atoms with van der Waals surface area (Å²) >= 11 is 0. The molecule has 0 N–H and O–H groups in total. The fourth-order valence-corrected chi connectivity index (χ4v) is 3.39. The smallest absolute Gasteiger partial charge is 0.177 e. The number of ether oxygens (including phenoxy) is 1. The Kier molecular flexibility index (Phi) is 4.17. The number of rotatable bonds is 6. The van der Waals surface area contributed by atoms with Crippen LogP contribution in [-0.2, 0) is 17.8 Å². The van der Waals surface area contributed by atoms with Gasteiger partial charge in [0.1, 0.15) is 0 Å². The van der Waals surface area contributed by atoms with Gasteiger partial charge < -0.3 is 13.9 Å². The number of hydrogen-bond donors (Lipinski definition) is 0. The van der Waals surface area contributed by atoms with Crippen LogP contribution in [-0.4, -0.2) is 32.3 Å². The van der Waals surface area contributed by atoms with Crippen LogP contribution in [0.5, 0.6) is 0 Å². The molecule has 1 fully saturated rings. The molecule has 2 aromatic heterocycles. The van der Waals surface area contributed by atoms with Gasteiger partial charge >= 0.3 is 0 Å². The minimum atomic E-state index is 0.659. The summed E-state index contributed by atoms with van der Waals surface area (Å²) < 4.78 is 9.87. The first-order valence-electron chi connectivity index (χ1n) is 8.52. The number of para-hydroxylation sites is 2. The Morgan fingerprint density at radius 2 is 2.21 bits per heavy atom. The molecule has 0 spiro atoms. The van der Waals surface area contributed by atoms with Crippen LogP contribution in [0.2, 0.25) is 0 Å². The Morgan fingerprint density at radius 1 is 1.29 bits per heavy atom. The summed E-state index contributed by atoms with van der Waals surface area (Å²) in [4.78, 5) is 9.41. The van der Waals surface area contributed by atoms with Crippen LogP contribution in [0.25, 0.3) is 22.7 Å².